The minimum Gasteiger partial charge on any atom is -0.313 e. The van der Waals surface area contributed by atoms with Gasteiger partial charge in [0.25, 0.3) is 5.56 Å². The average molecular weight is 268 g/mol. The Kier molecular flexibility index (Phi) is 2.51. The van der Waals surface area contributed by atoms with E-state index in [1.165, 1.54) is 6.20 Å². The molecule has 2 aromatic rings. The van der Waals surface area contributed by atoms with Crippen LogP contribution in [0.3, 0.4) is 0 Å². The van der Waals surface area contributed by atoms with Gasteiger partial charge in [-0.25, -0.2) is 9.78 Å². The number of halogens is 1. The standard InChI is InChI=1S/C9H6BrN3O2/c10-7-3-1-2-6(12-7)5-4-11-9(15)13-8(5)14/h1-4H,(H2,11,13,14,15). The molecule has 5 nitrogen and oxygen atoms in total. The van der Waals surface area contributed by atoms with Crippen molar-refractivity contribution in [2.75, 3.05) is 0 Å². The maximum atomic E-state index is 11.4. The minimum absolute atomic E-state index is 0.330. The van der Waals surface area contributed by atoms with Crippen LogP contribution in [-0.4, -0.2) is 15.0 Å². The summed E-state index contributed by atoms with van der Waals surface area (Å²) in [7, 11) is 0. The first-order valence-electron chi connectivity index (χ1n) is 4.12. The number of H-pyrrole nitrogens is 2. The maximum Gasteiger partial charge on any atom is 0.325 e. The van der Waals surface area contributed by atoms with Crippen LogP contribution < -0.4 is 11.2 Å². The molecule has 6 heteroatoms. The van der Waals surface area contributed by atoms with Gasteiger partial charge in [0, 0.05) is 6.20 Å². The van der Waals surface area contributed by atoms with E-state index >= 15 is 0 Å². The number of pyridine rings is 1. The number of aromatic nitrogens is 3. The van der Waals surface area contributed by atoms with E-state index in [1.807, 2.05) is 0 Å². The van der Waals surface area contributed by atoms with Crippen molar-refractivity contribution in [2.45, 2.75) is 0 Å². The Balaban J connectivity index is 2.64. The molecule has 2 N–H and O–H groups in total. The molecule has 0 fully saturated rings. The third-order valence-electron chi connectivity index (χ3n) is 1.81. The lowest BCUT2D eigenvalue weighted by Crippen LogP contribution is -2.22. The molecule has 2 rings (SSSR count). The Hall–Kier alpha value is -1.69. The topological polar surface area (TPSA) is 78.6 Å². The van der Waals surface area contributed by atoms with Crippen molar-refractivity contribution < 1.29 is 0 Å². The molecule has 0 aliphatic heterocycles. The lowest BCUT2D eigenvalue weighted by atomic mass is 10.2. The van der Waals surface area contributed by atoms with Crippen molar-refractivity contribution in [2.24, 2.45) is 0 Å². The van der Waals surface area contributed by atoms with E-state index < -0.39 is 11.2 Å². The highest BCUT2D eigenvalue weighted by Crippen LogP contribution is 2.13. The summed E-state index contributed by atoms with van der Waals surface area (Å²) in [4.78, 5) is 30.9. The van der Waals surface area contributed by atoms with Crippen LogP contribution in [0.4, 0.5) is 0 Å². The van der Waals surface area contributed by atoms with Gasteiger partial charge in [-0.1, -0.05) is 6.07 Å². The number of nitrogens with zero attached hydrogens (tertiary/aromatic N) is 1. The number of nitrogens with one attached hydrogen (secondary N) is 2. The van der Waals surface area contributed by atoms with Gasteiger partial charge in [-0.2, -0.15) is 0 Å². The predicted octanol–water partition coefficient (Wildman–Crippen LogP) is 0.888. The SMILES string of the molecule is O=c1[nH]cc(-c2cccc(Br)n2)c(=O)[nH]1. The zero-order valence-corrected chi connectivity index (χ0v) is 9.04. The van der Waals surface area contributed by atoms with E-state index in [9.17, 15) is 9.59 Å². The zero-order valence-electron chi connectivity index (χ0n) is 7.45. The molecule has 0 spiro atoms. The highest BCUT2D eigenvalue weighted by Gasteiger charge is 2.04. The van der Waals surface area contributed by atoms with E-state index in [4.69, 9.17) is 0 Å². The van der Waals surface area contributed by atoms with Crippen molar-refractivity contribution in [3.63, 3.8) is 0 Å². The summed E-state index contributed by atoms with van der Waals surface area (Å²) in [6, 6.07) is 5.20. The average Bonchev–Trinajstić information content (AvgIpc) is 2.17. The second-order valence-electron chi connectivity index (χ2n) is 2.83. The van der Waals surface area contributed by atoms with E-state index in [0.717, 1.165) is 0 Å². The van der Waals surface area contributed by atoms with Gasteiger partial charge >= 0.3 is 5.69 Å². The first kappa shape index (κ1) is 9.85. The molecule has 0 aromatic carbocycles. The summed E-state index contributed by atoms with van der Waals surface area (Å²) in [5, 5.41) is 0. The third-order valence-corrected chi connectivity index (χ3v) is 2.25. The molecule has 0 amide bonds. The minimum atomic E-state index is -0.529. The molecule has 0 atom stereocenters. The molecule has 2 aromatic heterocycles. The molecule has 0 aliphatic carbocycles. The summed E-state index contributed by atoms with van der Waals surface area (Å²) in [6.45, 7) is 0. The molecule has 0 saturated carbocycles. The largest absolute Gasteiger partial charge is 0.325 e. The van der Waals surface area contributed by atoms with Crippen LogP contribution in [0.1, 0.15) is 0 Å². The normalized spacial score (nSPS) is 10.2. The van der Waals surface area contributed by atoms with Crippen LogP contribution in [-0.2, 0) is 0 Å². The van der Waals surface area contributed by atoms with Crippen molar-refractivity contribution in [1.29, 1.82) is 0 Å². The molecular weight excluding hydrogens is 262 g/mol. The molecule has 2 heterocycles. The molecule has 0 radical (unpaired) electrons. The lowest BCUT2D eigenvalue weighted by molar-refractivity contribution is 1.03. The van der Waals surface area contributed by atoms with E-state index in [-0.39, 0.29) is 0 Å². The molecule has 0 bridgehead atoms. The summed E-state index contributed by atoms with van der Waals surface area (Å²) in [5.74, 6) is 0. The maximum absolute atomic E-state index is 11.4. The fraction of sp³-hybridized carbons (Fsp3) is 0. The summed E-state index contributed by atoms with van der Waals surface area (Å²) >= 11 is 3.20. The van der Waals surface area contributed by atoms with Crippen molar-refractivity contribution in [3.05, 3.63) is 49.8 Å². The molecule has 0 aliphatic rings. The van der Waals surface area contributed by atoms with Crippen LogP contribution in [0.25, 0.3) is 11.3 Å². The van der Waals surface area contributed by atoms with Crippen molar-refractivity contribution in [1.82, 2.24) is 15.0 Å². The Labute approximate surface area is 92.3 Å². The van der Waals surface area contributed by atoms with Gasteiger partial charge < -0.3 is 4.98 Å². The van der Waals surface area contributed by atoms with Gasteiger partial charge in [0.1, 0.15) is 4.60 Å². The Morgan fingerprint density at radius 3 is 2.73 bits per heavy atom. The first-order chi connectivity index (χ1) is 7.16. The predicted molar refractivity (Wildman–Crippen MR) is 58.6 cm³/mol. The molecule has 0 unspecified atom stereocenters. The molecule has 15 heavy (non-hydrogen) atoms. The Bertz CT molecular complexity index is 603. The van der Waals surface area contributed by atoms with Crippen LogP contribution in [0.5, 0.6) is 0 Å². The van der Waals surface area contributed by atoms with Gasteiger partial charge in [-0.05, 0) is 28.1 Å². The van der Waals surface area contributed by atoms with Gasteiger partial charge in [0.2, 0.25) is 0 Å². The quantitative estimate of drug-likeness (QED) is 0.754. The van der Waals surface area contributed by atoms with Crippen molar-refractivity contribution in [3.8, 4) is 11.3 Å². The third kappa shape index (κ3) is 2.04. The van der Waals surface area contributed by atoms with Gasteiger partial charge in [-0.15, -0.1) is 0 Å². The number of rotatable bonds is 1. The van der Waals surface area contributed by atoms with E-state index in [1.54, 1.807) is 18.2 Å². The zero-order chi connectivity index (χ0) is 10.8. The molecule has 76 valence electrons. The summed E-state index contributed by atoms with van der Waals surface area (Å²) in [5.41, 5.74) is -0.152. The highest BCUT2D eigenvalue weighted by atomic mass is 79.9. The molecule has 0 saturated heterocycles. The monoisotopic (exact) mass is 267 g/mol. The number of aromatic amines is 2. The van der Waals surface area contributed by atoms with Crippen LogP contribution in [0.2, 0.25) is 0 Å². The van der Waals surface area contributed by atoms with Crippen LogP contribution in [0.15, 0.2) is 38.6 Å². The van der Waals surface area contributed by atoms with Crippen LogP contribution >= 0.6 is 15.9 Å². The van der Waals surface area contributed by atoms with E-state index in [0.29, 0.717) is 15.9 Å². The second-order valence-corrected chi connectivity index (χ2v) is 3.64. The number of hydrogen-bond acceptors (Lipinski definition) is 3. The Morgan fingerprint density at radius 2 is 2.07 bits per heavy atom. The summed E-state index contributed by atoms with van der Waals surface area (Å²) < 4.78 is 0.630. The number of hydrogen-bond donors (Lipinski definition) is 2. The fourth-order valence-corrected chi connectivity index (χ4v) is 1.50. The smallest absolute Gasteiger partial charge is 0.313 e. The fourth-order valence-electron chi connectivity index (χ4n) is 1.16. The lowest BCUT2D eigenvalue weighted by Gasteiger charge is -1.98. The van der Waals surface area contributed by atoms with Gasteiger partial charge in [0.15, 0.2) is 0 Å². The first-order valence-corrected chi connectivity index (χ1v) is 4.91. The van der Waals surface area contributed by atoms with Crippen LogP contribution in [0, 0.1) is 0 Å². The molecular formula is C9H6BrN3O2. The van der Waals surface area contributed by atoms with E-state index in [2.05, 4.69) is 30.9 Å². The Morgan fingerprint density at radius 1 is 1.27 bits per heavy atom. The van der Waals surface area contributed by atoms with Crippen molar-refractivity contribution >= 4 is 15.9 Å². The van der Waals surface area contributed by atoms with Gasteiger partial charge in [-0.3, -0.25) is 9.78 Å². The highest BCUT2D eigenvalue weighted by molar-refractivity contribution is 9.10. The second kappa shape index (κ2) is 3.82. The van der Waals surface area contributed by atoms with Gasteiger partial charge in [0.05, 0.1) is 11.3 Å². The summed E-state index contributed by atoms with van der Waals surface area (Å²) in [6.07, 6.45) is 1.34.